The van der Waals surface area contributed by atoms with E-state index in [1.54, 1.807) is 21.7 Å². The average Bonchev–Trinajstić information content (AvgIpc) is 2.93. The molecule has 3 rings (SSSR count). The molecule has 0 radical (unpaired) electrons. The first-order valence-electron chi connectivity index (χ1n) is 5.31. The predicted octanol–water partition coefficient (Wildman–Crippen LogP) is 2.17. The summed E-state index contributed by atoms with van der Waals surface area (Å²) in [5.41, 5.74) is 3.60. The molecule has 1 amide bonds. The molecule has 2 aromatic rings. The van der Waals surface area contributed by atoms with Gasteiger partial charge in [0.25, 0.3) is 0 Å². The Labute approximate surface area is 102 Å². The van der Waals surface area contributed by atoms with Crippen LogP contribution in [0.2, 0.25) is 0 Å². The van der Waals surface area contributed by atoms with Gasteiger partial charge >= 0.3 is 0 Å². The van der Waals surface area contributed by atoms with Crippen LogP contribution in [0.4, 0.5) is 5.69 Å². The molecule has 1 aliphatic rings. The van der Waals surface area contributed by atoms with Gasteiger partial charge in [-0.3, -0.25) is 4.79 Å². The molecule has 1 aromatic heterocycles. The van der Waals surface area contributed by atoms with Crippen molar-refractivity contribution in [1.82, 2.24) is 4.98 Å². The molecule has 84 valence electrons. The third-order valence-electron chi connectivity index (χ3n) is 2.93. The summed E-state index contributed by atoms with van der Waals surface area (Å²) in [5, 5.41) is 8.85. The Morgan fingerprint density at radius 3 is 3.18 bits per heavy atom. The number of fused-ring (bicyclic) bond motifs is 1. The number of carbonyl (C=O) groups is 1. The molecule has 1 fully saturated rings. The first-order chi connectivity index (χ1) is 8.28. The Kier molecular flexibility index (Phi) is 2.30. The number of rotatable bonds is 1. The minimum absolute atomic E-state index is 0.0282. The monoisotopic (exact) mass is 243 g/mol. The first-order valence-corrected chi connectivity index (χ1v) is 6.19. The van der Waals surface area contributed by atoms with Crippen molar-refractivity contribution in [2.24, 2.45) is 5.92 Å². The van der Waals surface area contributed by atoms with E-state index in [0.717, 1.165) is 15.9 Å². The van der Waals surface area contributed by atoms with Crippen molar-refractivity contribution in [3.8, 4) is 6.07 Å². The lowest BCUT2D eigenvalue weighted by Gasteiger charge is -2.15. The highest BCUT2D eigenvalue weighted by molar-refractivity contribution is 7.16. The number of thiazole rings is 1. The van der Waals surface area contributed by atoms with E-state index in [0.29, 0.717) is 13.0 Å². The van der Waals surface area contributed by atoms with Gasteiger partial charge in [-0.25, -0.2) is 4.98 Å². The lowest BCUT2D eigenvalue weighted by Crippen LogP contribution is -2.24. The topological polar surface area (TPSA) is 57.0 Å². The second kappa shape index (κ2) is 3.82. The molecular formula is C12H9N3OS. The van der Waals surface area contributed by atoms with Gasteiger partial charge in [0.05, 0.1) is 27.7 Å². The number of amides is 1. The number of carbonyl (C=O) groups excluding carboxylic acids is 1. The molecule has 1 aliphatic heterocycles. The Morgan fingerprint density at radius 1 is 1.53 bits per heavy atom. The van der Waals surface area contributed by atoms with E-state index in [9.17, 15) is 4.79 Å². The van der Waals surface area contributed by atoms with Crippen LogP contribution in [0.3, 0.4) is 0 Å². The molecule has 0 aliphatic carbocycles. The molecule has 5 heteroatoms. The van der Waals surface area contributed by atoms with E-state index >= 15 is 0 Å². The second-order valence-corrected chi connectivity index (χ2v) is 4.93. The second-order valence-electron chi connectivity index (χ2n) is 4.04. The minimum atomic E-state index is -0.181. The zero-order chi connectivity index (χ0) is 11.8. The van der Waals surface area contributed by atoms with Gasteiger partial charge < -0.3 is 4.90 Å². The molecule has 0 N–H and O–H groups in total. The number of anilines is 1. The Bertz CT molecular complexity index is 628. The normalized spacial score (nSPS) is 19.8. The molecule has 1 unspecified atom stereocenters. The summed E-state index contributed by atoms with van der Waals surface area (Å²) in [5.74, 6) is -0.153. The molecular weight excluding hydrogens is 234 g/mol. The van der Waals surface area contributed by atoms with Crippen molar-refractivity contribution in [2.45, 2.75) is 6.42 Å². The quantitative estimate of drug-likeness (QED) is 0.771. The van der Waals surface area contributed by atoms with Crippen LogP contribution in [0, 0.1) is 17.2 Å². The molecule has 4 nitrogen and oxygen atoms in total. The highest BCUT2D eigenvalue weighted by Crippen LogP contribution is 2.28. The molecule has 17 heavy (non-hydrogen) atoms. The van der Waals surface area contributed by atoms with Gasteiger partial charge in [-0.05, 0) is 18.2 Å². The van der Waals surface area contributed by atoms with Gasteiger partial charge in [-0.15, -0.1) is 11.3 Å². The summed E-state index contributed by atoms with van der Waals surface area (Å²) < 4.78 is 1.07. The van der Waals surface area contributed by atoms with Crippen molar-refractivity contribution in [2.75, 3.05) is 11.4 Å². The fourth-order valence-electron chi connectivity index (χ4n) is 2.06. The minimum Gasteiger partial charge on any atom is -0.311 e. The lowest BCUT2D eigenvalue weighted by molar-refractivity contribution is -0.117. The van der Waals surface area contributed by atoms with E-state index < -0.39 is 0 Å². The highest BCUT2D eigenvalue weighted by Gasteiger charge is 2.30. The average molecular weight is 243 g/mol. The largest absolute Gasteiger partial charge is 0.311 e. The third kappa shape index (κ3) is 1.67. The number of aromatic nitrogens is 1. The standard InChI is InChI=1S/C12H9N3OS/c13-5-8-3-12(16)15(6-8)9-1-2-10-11(4-9)17-7-14-10/h1-2,4,7-8H,3,6H2. The van der Waals surface area contributed by atoms with Crippen LogP contribution in [0.1, 0.15) is 6.42 Å². The van der Waals surface area contributed by atoms with Crippen molar-refractivity contribution in [3.05, 3.63) is 23.7 Å². The molecule has 1 saturated heterocycles. The maximum atomic E-state index is 11.8. The van der Waals surface area contributed by atoms with Crippen LogP contribution < -0.4 is 4.90 Å². The molecule has 1 atom stereocenters. The van der Waals surface area contributed by atoms with E-state index in [4.69, 9.17) is 5.26 Å². The number of benzene rings is 1. The maximum absolute atomic E-state index is 11.8. The third-order valence-corrected chi connectivity index (χ3v) is 3.73. The Balaban J connectivity index is 1.98. The zero-order valence-corrected chi connectivity index (χ0v) is 9.78. The van der Waals surface area contributed by atoms with Gasteiger partial charge in [0.2, 0.25) is 5.91 Å². The molecule has 0 bridgehead atoms. The van der Waals surface area contributed by atoms with E-state index in [-0.39, 0.29) is 11.8 Å². The van der Waals surface area contributed by atoms with Gasteiger partial charge in [-0.1, -0.05) is 0 Å². The number of hydrogen-bond donors (Lipinski definition) is 0. The molecule has 0 saturated carbocycles. The number of hydrogen-bond acceptors (Lipinski definition) is 4. The van der Waals surface area contributed by atoms with Crippen LogP contribution in [0.15, 0.2) is 23.7 Å². The van der Waals surface area contributed by atoms with Gasteiger partial charge in [0.15, 0.2) is 0 Å². The smallest absolute Gasteiger partial charge is 0.228 e. The first kappa shape index (κ1) is 10.2. The van der Waals surface area contributed by atoms with Crippen LogP contribution in [-0.2, 0) is 4.79 Å². The highest BCUT2D eigenvalue weighted by atomic mass is 32.1. The molecule has 2 heterocycles. The van der Waals surface area contributed by atoms with E-state index in [1.807, 2.05) is 18.2 Å². The predicted molar refractivity (Wildman–Crippen MR) is 65.7 cm³/mol. The number of nitriles is 1. The fraction of sp³-hybridized carbons (Fsp3) is 0.250. The van der Waals surface area contributed by atoms with E-state index in [2.05, 4.69) is 11.1 Å². The Hall–Kier alpha value is -1.93. The summed E-state index contributed by atoms with van der Waals surface area (Å²) in [7, 11) is 0. The van der Waals surface area contributed by atoms with Gasteiger partial charge in [-0.2, -0.15) is 5.26 Å². The van der Waals surface area contributed by atoms with Crippen LogP contribution in [0.5, 0.6) is 0 Å². The fourth-order valence-corrected chi connectivity index (χ4v) is 2.77. The summed E-state index contributed by atoms with van der Waals surface area (Å²) in [6, 6.07) is 7.92. The number of nitrogens with zero attached hydrogens (tertiary/aromatic N) is 3. The molecule has 0 spiro atoms. The summed E-state index contributed by atoms with van der Waals surface area (Å²) in [6.45, 7) is 0.500. The van der Waals surface area contributed by atoms with E-state index in [1.165, 1.54) is 0 Å². The zero-order valence-electron chi connectivity index (χ0n) is 8.96. The van der Waals surface area contributed by atoms with Crippen molar-refractivity contribution < 1.29 is 4.79 Å². The summed E-state index contributed by atoms with van der Waals surface area (Å²) >= 11 is 1.55. The van der Waals surface area contributed by atoms with Crippen LogP contribution in [0.25, 0.3) is 10.2 Å². The summed E-state index contributed by atoms with van der Waals surface area (Å²) in [4.78, 5) is 17.7. The SMILES string of the molecule is N#CC1CC(=O)N(c2ccc3ncsc3c2)C1. The Morgan fingerprint density at radius 2 is 2.41 bits per heavy atom. The maximum Gasteiger partial charge on any atom is 0.228 e. The van der Waals surface area contributed by atoms with Crippen LogP contribution >= 0.6 is 11.3 Å². The van der Waals surface area contributed by atoms with Crippen LogP contribution in [-0.4, -0.2) is 17.4 Å². The van der Waals surface area contributed by atoms with Crippen molar-refractivity contribution >= 4 is 33.1 Å². The summed E-state index contributed by atoms with van der Waals surface area (Å²) in [6.07, 6.45) is 0.331. The van der Waals surface area contributed by atoms with Crippen molar-refractivity contribution in [3.63, 3.8) is 0 Å². The molecule has 1 aromatic carbocycles. The van der Waals surface area contributed by atoms with Gasteiger partial charge in [0.1, 0.15) is 0 Å². The van der Waals surface area contributed by atoms with Crippen molar-refractivity contribution in [1.29, 1.82) is 5.26 Å². The van der Waals surface area contributed by atoms with Gasteiger partial charge in [0, 0.05) is 18.7 Å². The lowest BCUT2D eigenvalue weighted by atomic mass is 10.1.